The monoisotopic (exact) mass is 208 g/mol. The van der Waals surface area contributed by atoms with E-state index in [-0.39, 0.29) is 5.97 Å². The van der Waals surface area contributed by atoms with Gasteiger partial charge in [0, 0.05) is 6.42 Å². The first kappa shape index (κ1) is 13.7. The van der Waals surface area contributed by atoms with Crippen molar-refractivity contribution in [2.45, 2.75) is 33.6 Å². The minimum absolute atomic E-state index is 0.150. The van der Waals surface area contributed by atoms with Crippen LogP contribution in [-0.4, -0.2) is 13.1 Å². The molecule has 1 aromatic carbocycles. The van der Waals surface area contributed by atoms with Crippen LogP contribution in [0.5, 0.6) is 0 Å². The van der Waals surface area contributed by atoms with Crippen LogP contribution >= 0.6 is 0 Å². The van der Waals surface area contributed by atoms with Crippen LogP contribution < -0.4 is 0 Å². The van der Waals surface area contributed by atoms with Gasteiger partial charge in [-0.25, -0.2) is 0 Å². The van der Waals surface area contributed by atoms with Crippen LogP contribution in [-0.2, 0) is 16.0 Å². The lowest BCUT2D eigenvalue weighted by Crippen LogP contribution is -2.02. The van der Waals surface area contributed by atoms with E-state index < -0.39 is 0 Å². The number of benzene rings is 1. The van der Waals surface area contributed by atoms with Crippen LogP contribution in [0, 0.1) is 6.92 Å². The van der Waals surface area contributed by atoms with Gasteiger partial charge in [-0.05, 0) is 24.5 Å². The van der Waals surface area contributed by atoms with Gasteiger partial charge in [-0.3, -0.25) is 4.79 Å². The van der Waals surface area contributed by atoms with Crippen molar-refractivity contribution in [2.75, 3.05) is 7.11 Å². The molecule has 0 amide bonds. The molecule has 0 aliphatic carbocycles. The van der Waals surface area contributed by atoms with E-state index in [0.717, 1.165) is 6.42 Å². The molecule has 2 nitrogen and oxygen atoms in total. The van der Waals surface area contributed by atoms with Crippen LogP contribution in [0.1, 0.15) is 31.4 Å². The van der Waals surface area contributed by atoms with E-state index in [9.17, 15) is 4.79 Å². The molecule has 1 rings (SSSR count). The molecule has 0 aliphatic rings. The maximum Gasteiger partial charge on any atom is 0.305 e. The van der Waals surface area contributed by atoms with Gasteiger partial charge in [-0.15, -0.1) is 0 Å². The molecular formula is C13H20O2. The van der Waals surface area contributed by atoms with Gasteiger partial charge in [0.2, 0.25) is 0 Å². The molecule has 2 heteroatoms. The van der Waals surface area contributed by atoms with Gasteiger partial charge in [0.25, 0.3) is 0 Å². The minimum Gasteiger partial charge on any atom is -0.469 e. The second kappa shape index (κ2) is 8.04. The Morgan fingerprint density at radius 2 is 1.87 bits per heavy atom. The van der Waals surface area contributed by atoms with Crippen molar-refractivity contribution in [2.24, 2.45) is 0 Å². The van der Waals surface area contributed by atoms with Crippen molar-refractivity contribution in [1.82, 2.24) is 0 Å². The summed E-state index contributed by atoms with van der Waals surface area (Å²) in [6.45, 7) is 6.05. The van der Waals surface area contributed by atoms with E-state index in [1.807, 2.05) is 45.0 Å². The summed E-state index contributed by atoms with van der Waals surface area (Å²) in [6.07, 6.45) is 1.22. The van der Waals surface area contributed by atoms with E-state index in [1.165, 1.54) is 18.2 Å². The molecule has 0 spiro atoms. The van der Waals surface area contributed by atoms with E-state index in [0.29, 0.717) is 6.42 Å². The molecule has 0 saturated carbocycles. The van der Waals surface area contributed by atoms with Crippen LogP contribution in [0.3, 0.4) is 0 Å². The Morgan fingerprint density at radius 3 is 2.40 bits per heavy atom. The smallest absolute Gasteiger partial charge is 0.305 e. The Balaban J connectivity index is 0.000000921. The number of hydrogen-bond acceptors (Lipinski definition) is 2. The third-order valence-corrected chi connectivity index (χ3v) is 2.09. The van der Waals surface area contributed by atoms with Gasteiger partial charge in [-0.2, -0.15) is 0 Å². The Morgan fingerprint density at radius 1 is 1.27 bits per heavy atom. The van der Waals surface area contributed by atoms with E-state index in [2.05, 4.69) is 4.74 Å². The quantitative estimate of drug-likeness (QED) is 0.713. The van der Waals surface area contributed by atoms with E-state index in [4.69, 9.17) is 0 Å². The normalized spacial score (nSPS) is 8.80. The van der Waals surface area contributed by atoms with Crippen molar-refractivity contribution in [1.29, 1.82) is 0 Å². The molecule has 1 aromatic rings. The molecule has 0 N–H and O–H groups in total. The molecule has 0 unspecified atom stereocenters. The second-order valence-corrected chi connectivity index (χ2v) is 3.00. The minimum atomic E-state index is -0.150. The average Bonchev–Trinajstić information content (AvgIpc) is 2.30. The summed E-state index contributed by atoms with van der Waals surface area (Å²) in [5.74, 6) is -0.150. The maximum atomic E-state index is 10.9. The SMILES string of the molecule is CC.COC(=O)CCc1ccccc1C. The van der Waals surface area contributed by atoms with Gasteiger partial charge >= 0.3 is 5.97 Å². The molecule has 0 atom stereocenters. The lowest BCUT2D eigenvalue weighted by molar-refractivity contribution is -0.140. The molecule has 0 aliphatic heterocycles. The number of methoxy groups -OCH3 is 1. The summed E-state index contributed by atoms with van der Waals surface area (Å²) in [4.78, 5) is 10.9. The molecule has 0 bridgehead atoms. The second-order valence-electron chi connectivity index (χ2n) is 3.00. The predicted molar refractivity (Wildman–Crippen MR) is 62.9 cm³/mol. The number of aryl methyl sites for hydroxylation is 2. The van der Waals surface area contributed by atoms with Crippen molar-refractivity contribution in [3.63, 3.8) is 0 Å². The highest BCUT2D eigenvalue weighted by Crippen LogP contribution is 2.09. The van der Waals surface area contributed by atoms with Crippen molar-refractivity contribution >= 4 is 5.97 Å². The third kappa shape index (κ3) is 5.21. The number of hydrogen-bond donors (Lipinski definition) is 0. The molecule has 15 heavy (non-hydrogen) atoms. The fourth-order valence-electron chi connectivity index (χ4n) is 1.23. The zero-order chi connectivity index (χ0) is 11.7. The third-order valence-electron chi connectivity index (χ3n) is 2.09. The summed E-state index contributed by atoms with van der Waals surface area (Å²) in [5, 5.41) is 0. The highest BCUT2D eigenvalue weighted by molar-refractivity contribution is 5.69. The number of rotatable bonds is 3. The molecule has 0 heterocycles. The summed E-state index contributed by atoms with van der Waals surface area (Å²) < 4.78 is 4.57. The molecular weight excluding hydrogens is 188 g/mol. The van der Waals surface area contributed by atoms with E-state index >= 15 is 0 Å². The maximum absolute atomic E-state index is 10.9. The predicted octanol–water partition coefficient (Wildman–Crippen LogP) is 3.13. The number of carbonyl (C=O) groups is 1. The Hall–Kier alpha value is -1.31. The molecule has 84 valence electrons. The Kier molecular flexibility index (Phi) is 7.33. The summed E-state index contributed by atoms with van der Waals surface area (Å²) in [6, 6.07) is 8.07. The first-order valence-corrected chi connectivity index (χ1v) is 5.35. The average molecular weight is 208 g/mol. The van der Waals surface area contributed by atoms with Crippen LogP contribution in [0.4, 0.5) is 0 Å². The standard InChI is InChI=1S/C11H14O2.C2H6/c1-9-5-3-4-6-10(9)7-8-11(12)13-2;1-2/h3-6H,7-8H2,1-2H3;1-2H3. The van der Waals surface area contributed by atoms with Crippen molar-refractivity contribution in [3.8, 4) is 0 Å². The zero-order valence-electron chi connectivity index (χ0n) is 10.0. The van der Waals surface area contributed by atoms with Gasteiger partial charge in [0.15, 0.2) is 0 Å². The van der Waals surface area contributed by atoms with Crippen LogP contribution in [0.25, 0.3) is 0 Å². The van der Waals surface area contributed by atoms with Gasteiger partial charge < -0.3 is 4.74 Å². The fraction of sp³-hybridized carbons (Fsp3) is 0.462. The fourth-order valence-corrected chi connectivity index (χ4v) is 1.23. The summed E-state index contributed by atoms with van der Waals surface area (Å²) in [5.41, 5.74) is 2.44. The van der Waals surface area contributed by atoms with Crippen LogP contribution in [0.15, 0.2) is 24.3 Å². The van der Waals surface area contributed by atoms with E-state index in [1.54, 1.807) is 0 Å². The van der Waals surface area contributed by atoms with Gasteiger partial charge in [0.1, 0.15) is 0 Å². The highest BCUT2D eigenvalue weighted by Gasteiger charge is 2.02. The first-order chi connectivity index (χ1) is 7.24. The lowest BCUT2D eigenvalue weighted by Gasteiger charge is -2.03. The Bertz CT molecular complexity index is 292. The summed E-state index contributed by atoms with van der Waals surface area (Å²) >= 11 is 0. The van der Waals surface area contributed by atoms with Crippen molar-refractivity contribution in [3.05, 3.63) is 35.4 Å². The van der Waals surface area contributed by atoms with Gasteiger partial charge in [0.05, 0.1) is 7.11 Å². The topological polar surface area (TPSA) is 26.3 Å². The highest BCUT2D eigenvalue weighted by atomic mass is 16.5. The van der Waals surface area contributed by atoms with Crippen LogP contribution in [0.2, 0.25) is 0 Å². The summed E-state index contributed by atoms with van der Waals surface area (Å²) in [7, 11) is 1.42. The first-order valence-electron chi connectivity index (χ1n) is 5.35. The molecule has 0 fully saturated rings. The van der Waals surface area contributed by atoms with Crippen molar-refractivity contribution < 1.29 is 9.53 Å². The number of ether oxygens (including phenoxy) is 1. The Labute approximate surface area is 92.3 Å². The number of esters is 1. The number of carbonyl (C=O) groups excluding carboxylic acids is 1. The largest absolute Gasteiger partial charge is 0.469 e. The molecule has 0 radical (unpaired) electrons. The molecule has 0 aromatic heterocycles. The zero-order valence-corrected chi connectivity index (χ0v) is 10.0. The van der Waals surface area contributed by atoms with Gasteiger partial charge in [-0.1, -0.05) is 38.1 Å². The molecule has 0 saturated heterocycles. The lowest BCUT2D eigenvalue weighted by atomic mass is 10.0.